The molecule has 0 nitrogen and oxygen atoms in total. The molecule has 0 atom stereocenters. The smallest absolute Gasteiger partial charge is 0.0524 e. The largest absolute Gasteiger partial charge is 0.0691 e. The summed E-state index contributed by atoms with van der Waals surface area (Å²) in [4.78, 5) is 0. The van der Waals surface area contributed by atoms with Gasteiger partial charge >= 0.3 is 0 Å². The number of hydrogen-bond donors (Lipinski definition) is 0. The van der Waals surface area contributed by atoms with Crippen molar-refractivity contribution in [2.75, 3.05) is 0 Å². The zero-order chi connectivity index (χ0) is 41.5. The summed E-state index contributed by atoms with van der Waals surface area (Å²) >= 11 is 0. The normalized spacial score (nSPS) is 24.2. The molecule has 4 rings (SSSR count). The van der Waals surface area contributed by atoms with E-state index in [2.05, 4.69) is 189 Å². The Hall–Kier alpha value is 5.28. The molecule has 4 aliphatic carbocycles. The maximum Gasteiger partial charge on any atom is 0.0524 e. The van der Waals surface area contributed by atoms with Gasteiger partial charge in [-0.3, -0.25) is 0 Å². The monoisotopic (exact) mass is 1130 g/mol. The Labute approximate surface area is 462 Å². The van der Waals surface area contributed by atoms with Crippen LogP contribution < -0.4 is 0 Å². The van der Waals surface area contributed by atoms with Crippen molar-refractivity contribution < 1.29 is 131 Å². The predicted molar refractivity (Wildman–Crippen MR) is 249 cm³/mol. The molecule has 0 aromatic carbocycles. The minimum absolute atomic E-state index is 0. The molecular weight excluding hydrogens is 1040 g/mol. The van der Waals surface area contributed by atoms with Crippen LogP contribution in [0.25, 0.3) is 0 Å². The first kappa shape index (κ1) is 67.9. The van der Waals surface area contributed by atoms with Crippen LogP contribution in [0.4, 0.5) is 0 Å². The summed E-state index contributed by atoms with van der Waals surface area (Å²) in [7, 11) is -4.53. The van der Waals surface area contributed by atoms with Gasteiger partial charge in [0.1, 0.15) is 0 Å². The van der Waals surface area contributed by atoms with Crippen molar-refractivity contribution in [2.45, 2.75) is 189 Å². The fraction of sp³-hybridized carbons (Fsp3) is 0.583. The topological polar surface area (TPSA) is 0 Å². The Balaban J connectivity index is -0.000000314. The summed E-state index contributed by atoms with van der Waals surface area (Å²) in [5, 5.41) is 0. The molecule has 4 aliphatic rings. The van der Waals surface area contributed by atoms with Gasteiger partial charge in [-0.25, -0.2) is 0 Å². The second-order valence-electron chi connectivity index (χ2n) is 20.5. The van der Waals surface area contributed by atoms with Crippen molar-refractivity contribution in [3.8, 4) is 0 Å². The molecule has 0 unspecified atom stereocenters. The van der Waals surface area contributed by atoms with E-state index in [0.717, 1.165) is 0 Å². The van der Waals surface area contributed by atoms with Gasteiger partial charge in [-0.1, -0.05) is 189 Å². The molecule has 0 bridgehead atoms. The van der Waals surface area contributed by atoms with Crippen LogP contribution in [0.15, 0.2) is 0 Å². The van der Waals surface area contributed by atoms with E-state index in [1.165, 1.54) is 47.3 Å². The molecule has 56 heavy (non-hydrogen) atoms. The van der Waals surface area contributed by atoms with Gasteiger partial charge in [0.2, 0.25) is 0 Å². The minimum Gasteiger partial charge on any atom is -0.0691 e. The SMILES string of the molecule is C[C]1[C](C)[C](C)[C]([Si](C)(C)C)[C]1C.C[C]1[C](C)[C](C)[C]([Si](C)(C)C)[C]1C.C[C]1[C](C)[C](C)[C]([Si](C)(C)C)[C]1C.C[C]1[C](C)[C](C)[C]([Si](C)(C)C)[C]1C.[Y].[Y].[Y].[Y]. The van der Waals surface area contributed by atoms with E-state index in [9.17, 15) is 0 Å². The van der Waals surface area contributed by atoms with Crippen molar-refractivity contribution in [2.24, 2.45) is 0 Å². The minimum atomic E-state index is -1.13. The van der Waals surface area contributed by atoms with Crippen LogP contribution >= 0.6 is 0 Å². The molecule has 0 N–H and O–H groups in total. The maximum atomic E-state index is 2.43. The van der Waals surface area contributed by atoms with E-state index in [0.29, 0.717) is 0 Å². The second-order valence-corrected chi connectivity index (χ2v) is 40.5. The van der Waals surface area contributed by atoms with Crippen molar-refractivity contribution in [1.82, 2.24) is 0 Å². The Kier molecular flexibility index (Phi) is 32.2. The van der Waals surface area contributed by atoms with E-state index < -0.39 is 32.3 Å². The van der Waals surface area contributed by atoms with E-state index in [4.69, 9.17) is 0 Å². The summed E-state index contributed by atoms with van der Waals surface area (Å²) in [6.45, 7) is 65.4. The third-order valence-corrected chi connectivity index (χ3v) is 21.8. The molecule has 0 aromatic heterocycles. The van der Waals surface area contributed by atoms with Crippen molar-refractivity contribution in [3.05, 3.63) is 117 Å². The molecule has 0 saturated heterocycles. The van der Waals surface area contributed by atoms with Gasteiger partial charge < -0.3 is 0 Å². The van der Waals surface area contributed by atoms with Crippen LogP contribution in [0.5, 0.6) is 0 Å². The summed E-state index contributed by atoms with van der Waals surface area (Å²) in [5.41, 5.74) is 6.73. The quantitative estimate of drug-likeness (QED) is 0.246. The second kappa shape index (κ2) is 26.6. The molecule has 304 valence electrons. The summed E-state index contributed by atoms with van der Waals surface area (Å²) < 4.78 is 0. The Morgan fingerprint density at radius 2 is 0.232 bits per heavy atom. The van der Waals surface area contributed by atoms with Crippen molar-refractivity contribution in [1.29, 1.82) is 0 Å². The third kappa shape index (κ3) is 16.9. The predicted octanol–water partition coefficient (Wildman–Crippen LogP) is 15.3. The first-order valence-electron chi connectivity index (χ1n) is 20.0. The molecule has 24 radical (unpaired) electrons. The third-order valence-electron chi connectivity index (χ3n) is 12.8. The zero-order valence-corrected chi connectivity index (χ0v) is 57.7. The van der Waals surface area contributed by atoms with E-state index >= 15 is 0 Å². The van der Waals surface area contributed by atoms with Crippen molar-refractivity contribution in [3.63, 3.8) is 0 Å². The number of hydrogen-bond acceptors (Lipinski definition) is 0. The van der Waals surface area contributed by atoms with Crippen LogP contribution in [-0.4, -0.2) is 32.3 Å². The van der Waals surface area contributed by atoms with Gasteiger partial charge in [-0.2, -0.15) is 0 Å². The van der Waals surface area contributed by atoms with E-state index in [1.807, 2.05) is 0 Å². The molecule has 0 heterocycles. The summed E-state index contributed by atoms with van der Waals surface area (Å²) in [5.74, 6) is 24.5. The standard InChI is InChI=1S/4C12H21Si.4Y/c4*1-8-9(2)11(4)12(10(8)3)13(5,6)7;;;;/h4*1-7H3;;;;. The maximum absolute atomic E-state index is 2.43. The molecule has 0 amide bonds. The van der Waals surface area contributed by atoms with Gasteiger partial charge in [-0.15, -0.1) is 0 Å². The van der Waals surface area contributed by atoms with Crippen LogP contribution in [0.2, 0.25) is 78.6 Å². The molecule has 0 aromatic rings. The first-order chi connectivity index (χ1) is 23.1. The zero-order valence-electron chi connectivity index (χ0n) is 42.3. The first-order valence-corrected chi connectivity index (χ1v) is 34.0. The molecule has 0 spiro atoms. The molecular formula is C48H84Si4Y4. The molecule has 4 fully saturated rings. The van der Waals surface area contributed by atoms with Crippen LogP contribution in [0, 0.1) is 117 Å². The van der Waals surface area contributed by atoms with Gasteiger partial charge in [0.15, 0.2) is 0 Å². The average Bonchev–Trinajstić information content (AvgIpc) is 3.48. The average molecular weight is 1130 g/mol. The molecule has 8 heteroatoms. The van der Waals surface area contributed by atoms with E-state index in [1.54, 1.807) is 69.5 Å². The Bertz CT molecular complexity index is 853. The van der Waals surface area contributed by atoms with Gasteiger partial charge in [-0.05, 0) is 117 Å². The number of rotatable bonds is 4. The van der Waals surface area contributed by atoms with Crippen LogP contribution in [0.3, 0.4) is 0 Å². The van der Waals surface area contributed by atoms with Gasteiger partial charge in [0.25, 0.3) is 0 Å². The van der Waals surface area contributed by atoms with Gasteiger partial charge in [0.05, 0.1) is 32.3 Å². The van der Waals surface area contributed by atoms with Crippen LogP contribution in [-0.2, 0) is 131 Å². The Morgan fingerprint density at radius 3 is 0.268 bits per heavy atom. The fourth-order valence-electron chi connectivity index (χ4n) is 9.38. The summed E-state index contributed by atoms with van der Waals surface area (Å²) in [6.07, 6.45) is 0. The molecule has 4 saturated carbocycles. The van der Waals surface area contributed by atoms with Crippen molar-refractivity contribution >= 4 is 32.3 Å². The Morgan fingerprint density at radius 1 is 0.161 bits per heavy atom. The fourth-order valence-corrected chi connectivity index (χ4v) is 19.9. The summed E-state index contributed by atoms with van der Waals surface area (Å²) in [6, 6.07) is 0. The van der Waals surface area contributed by atoms with Gasteiger partial charge in [0, 0.05) is 131 Å². The van der Waals surface area contributed by atoms with Crippen LogP contribution in [0.1, 0.15) is 111 Å². The molecule has 0 aliphatic heterocycles. The van der Waals surface area contributed by atoms with E-state index in [-0.39, 0.29) is 131 Å².